The maximum Gasteiger partial charge on any atom is 0.225 e. The summed E-state index contributed by atoms with van der Waals surface area (Å²) in [5.41, 5.74) is 0. The summed E-state index contributed by atoms with van der Waals surface area (Å²) in [6.45, 7) is 5.81. The quantitative estimate of drug-likeness (QED) is 0.689. The Hall–Kier alpha value is -0.570. The van der Waals surface area contributed by atoms with Crippen molar-refractivity contribution in [2.45, 2.75) is 39.2 Å². The summed E-state index contributed by atoms with van der Waals surface area (Å²) >= 11 is 0. The average molecular weight is 199 g/mol. The molecule has 0 aliphatic carbocycles. The highest BCUT2D eigenvalue weighted by Gasteiger charge is 2.28. The minimum atomic E-state index is 0.214. The van der Waals surface area contributed by atoms with Crippen molar-refractivity contribution < 1.29 is 9.53 Å². The molecule has 1 unspecified atom stereocenters. The van der Waals surface area contributed by atoms with Crippen LogP contribution in [0.5, 0.6) is 0 Å². The van der Waals surface area contributed by atoms with E-state index in [4.69, 9.17) is 4.74 Å². The molecular formula is C11H21NO2. The SMILES string of the molecule is CCC(CC)C(=O)N1CCC(OC)C1. The Morgan fingerprint density at radius 3 is 2.57 bits per heavy atom. The van der Waals surface area contributed by atoms with Gasteiger partial charge in [0.25, 0.3) is 0 Å². The molecule has 1 atom stereocenters. The molecule has 1 aliphatic heterocycles. The maximum atomic E-state index is 11.9. The van der Waals surface area contributed by atoms with Crippen LogP contribution in [0.3, 0.4) is 0 Å². The third-order valence-corrected chi connectivity index (χ3v) is 3.12. The fourth-order valence-electron chi connectivity index (χ4n) is 2.02. The van der Waals surface area contributed by atoms with E-state index in [1.807, 2.05) is 4.90 Å². The van der Waals surface area contributed by atoms with Gasteiger partial charge in [0, 0.05) is 26.1 Å². The molecule has 0 aromatic rings. The number of methoxy groups -OCH3 is 1. The number of ether oxygens (including phenoxy) is 1. The molecule has 1 aliphatic rings. The second-order valence-electron chi connectivity index (χ2n) is 3.94. The molecule has 1 amide bonds. The first-order valence-corrected chi connectivity index (χ1v) is 5.54. The summed E-state index contributed by atoms with van der Waals surface area (Å²) in [5.74, 6) is 0.528. The molecule has 0 radical (unpaired) electrons. The first-order chi connectivity index (χ1) is 6.72. The van der Waals surface area contributed by atoms with Gasteiger partial charge in [-0.1, -0.05) is 13.8 Å². The molecular weight excluding hydrogens is 178 g/mol. The van der Waals surface area contributed by atoms with Gasteiger partial charge in [0.15, 0.2) is 0 Å². The van der Waals surface area contributed by atoms with Gasteiger partial charge in [-0.15, -0.1) is 0 Å². The summed E-state index contributed by atoms with van der Waals surface area (Å²) in [6.07, 6.45) is 3.14. The number of hydrogen-bond donors (Lipinski definition) is 0. The summed E-state index contributed by atoms with van der Waals surface area (Å²) < 4.78 is 5.24. The van der Waals surface area contributed by atoms with Crippen LogP contribution >= 0.6 is 0 Å². The van der Waals surface area contributed by atoms with E-state index in [0.717, 1.165) is 32.4 Å². The maximum absolute atomic E-state index is 11.9. The van der Waals surface area contributed by atoms with Gasteiger partial charge in [-0.2, -0.15) is 0 Å². The second kappa shape index (κ2) is 5.35. The average Bonchev–Trinajstić information content (AvgIpc) is 2.67. The number of amides is 1. The second-order valence-corrected chi connectivity index (χ2v) is 3.94. The van der Waals surface area contributed by atoms with E-state index in [9.17, 15) is 4.79 Å². The zero-order valence-electron chi connectivity index (χ0n) is 9.45. The molecule has 0 spiro atoms. The monoisotopic (exact) mass is 199 g/mol. The van der Waals surface area contributed by atoms with Gasteiger partial charge >= 0.3 is 0 Å². The molecule has 0 aromatic heterocycles. The van der Waals surface area contributed by atoms with Crippen LogP contribution in [0.25, 0.3) is 0 Å². The van der Waals surface area contributed by atoms with Gasteiger partial charge in [0.1, 0.15) is 0 Å². The van der Waals surface area contributed by atoms with E-state index >= 15 is 0 Å². The van der Waals surface area contributed by atoms with Gasteiger partial charge in [0.05, 0.1) is 6.10 Å². The number of likely N-dealkylation sites (tertiary alicyclic amines) is 1. The van der Waals surface area contributed by atoms with Gasteiger partial charge < -0.3 is 9.64 Å². The predicted molar refractivity (Wildman–Crippen MR) is 56.1 cm³/mol. The van der Waals surface area contributed by atoms with Crippen molar-refractivity contribution in [3.63, 3.8) is 0 Å². The van der Waals surface area contributed by atoms with E-state index in [-0.39, 0.29) is 12.0 Å². The topological polar surface area (TPSA) is 29.5 Å². The molecule has 1 saturated heterocycles. The van der Waals surface area contributed by atoms with Crippen LogP contribution < -0.4 is 0 Å². The Morgan fingerprint density at radius 2 is 2.14 bits per heavy atom. The molecule has 1 rings (SSSR count). The number of rotatable bonds is 4. The minimum absolute atomic E-state index is 0.214. The van der Waals surface area contributed by atoms with Gasteiger partial charge in [-0.05, 0) is 19.3 Å². The lowest BCUT2D eigenvalue weighted by molar-refractivity contribution is -0.135. The smallest absolute Gasteiger partial charge is 0.225 e. The summed E-state index contributed by atoms with van der Waals surface area (Å²) in [5, 5.41) is 0. The van der Waals surface area contributed by atoms with Crippen LogP contribution in [0.4, 0.5) is 0 Å². The van der Waals surface area contributed by atoms with Crippen LogP contribution in [0.2, 0.25) is 0 Å². The van der Waals surface area contributed by atoms with Gasteiger partial charge in [-0.25, -0.2) is 0 Å². The molecule has 1 heterocycles. The van der Waals surface area contributed by atoms with Crippen molar-refractivity contribution in [1.29, 1.82) is 0 Å². The molecule has 1 fully saturated rings. The molecule has 82 valence electrons. The fourth-order valence-corrected chi connectivity index (χ4v) is 2.02. The lowest BCUT2D eigenvalue weighted by Gasteiger charge is -2.21. The Morgan fingerprint density at radius 1 is 1.50 bits per heavy atom. The number of hydrogen-bond acceptors (Lipinski definition) is 2. The lowest BCUT2D eigenvalue weighted by atomic mass is 10.0. The highest BCUT2D eigenvalue weighted by Crippen LogP contribution is 2.18. The highest BCUT2D eigenvalue weighted by molar-refractivity contribution is 5.79. The zero-order valence-corrected chi connectivity index (χ0v) is 9.45. The summed E-state index contributed by atoms with van der Waals surface area (Å²) in [6, 6.07) is 0. The highest BCUT2D eigenvalue weighted by atomic mass is 16.5. The summed E-state index contributed by atoms with van der Waals surface area (Å²) in [7, 11) is 1.72. The molecule has 14 heavy (non-hydrogen) atoms. The van der Waals surface area contributed by atoms with E-state index in [1.54, 1.807) is 7.11 Å². The Labute approximate surface area is 86.4 Å². The van der Waals surface area contributed by atoms with Crippen molar-refractivity contribution >= 4 is 5.91 Å². The van der Waals surface area contributed by atoms with Crippen LogP contribution in [-0.2, 0) is 9.53 Å². The van der Waals surface area contributed by atoms with E-state index in [0.29, 0.717) is 5.91 Å². The Kier molecular flexibility index (Phi) is 4.39. The normalized spacial score (nSPS) is 22.0. The number of carbonyl (C=O) groups excluding carboxylic acids is 1. The molecule has 0 N–H and O–H groups in total. The Balaban J connectivity index is 2.45. The van der Waals surface area contributed by atoms with E-state index in [1.165, 1.54) is 0 Å². The van der Waals surface area contributed by atoms with Crippen molar-refractivity contribution in [3.05, 3.63) is 0 Å². The largest absolute Gasteiger partial charge is 0.380 e. The van der Waals surface area contributed by atoms with Crippen LogP contribution in [-0.4, -0.2) is 37.1 Å². The zero-order chi connectivity index (χ0) is 10.6. The molecule has 0 saturated carbocycles. The lowest BCUT2D eigenvalue weighted by Crippen LogP contribution is -2.34. The molecule has 0 bridgehead atoms. The van der Waals surface area contributed by atoms with E-state index < -0.39 is 0 Å². The van der Waals surface area contributed by atoms with Crippen molar-refractivity contribution in [1.82, 2.24) is 4.90 Å². The third kappa shape index (κ3) is 2.47. The molecule has 0 aromatic carbocycles. The number of nitrogens with zero attached hydrogens (tertiary/aromatic N) is 1. The third-order valence-electron chi connectivity index (χ3n) is 3.12. The van der Waals surface area contributed by atoms with Crippen LogP contribution in [0.15, 0.2) is 0 Å². The van der Waals surface area contributed by atoms with Crippen LogP contribution in [0.1, 0.15) is 33.1 Å². The molecule has 3 nitrogen and oxygen atoms in total. The fraction of sp³-hybridized carbons (Fsp3) is 0.909. The standard InChI is InChI=1S/C11H21NO2/c1-4-9(5-2)11(13)12-7-6-10(8-12)14-3/h9-10H,4-8H2,1-3H3. The first-order valence-electron chi connectivity index (χ1n) is 5.54. The minimum Gasteiger partial charge on any atom is -0.380 e. The van der Waals surface area contributed by atoms with Crippen molar-refractivity contribution in [3.8, 4) is 0 Å². The Bertz CT molecular complexity index is 190. The predicted octanol–water partition coefficient (Wildman–Crippen LogP) is 1.67. The molecule has 3 heteroatoms. The van der Waals surface area contributed by atoms with Gasteiger partial charge in [0.2, 0.25) is 5.91 Å². The van der Waals surface area contributed by atoms with Crippen molar-refractivity contribution in [2.24, 2.45) is 5.92 Å². The van der Waals surface area contributed by atoms with Gasteiger partial charge in [-0.3, -0.25) is 4.79 Å². The van der Waals surface area contributed by atoms with E-state index in [2.05, 4.69) is 13.8 Å². The first kappa shape index (κ1) is 11.5. The summed E-state index contributed by atoms with van der Waals surface area (Å²) in [4.78, 5) is 13.9. The van der Waals surface area contributed by atoms with Crippen LogP contribution in [0, 0.1) is 5.92 Å². The van der Waals surface area contributed by atoms with Crippen molar-refractivity contribution in [2.75, 3.05) is 20.2 Å². The number of carbonyl (C=O) groups is 1.